The topological polar surface area (TPSA) is 74.6 Å². The summed E-state index contributed by atoms with van der Waals surface area (Å²) in [5.74, 6) is -0.281. The SMILES string of the molecule is CCc1ccc([C@H]2[C@H](S(=O)(=O)CC)C2(CO)CO)cc1. The van der Waals surface area contributed by atoms with Crippen molar-refractivity contribution in [2.75, 3.05) is 19.0 Å². The van der Waals surface area contributed by atoms with Gasteiger partial charge in [0.05, 0.1) is 18.5 Å². The summed E-state index contributed by atoms with van der Waals surface area (Å²) in [6.45, 7) is 3.04. The molecule has 0 saturated heterocycles. The predicted molar refractivity (Wildman–Crippen MR) is 78.4 cm³/mol. The minimum Gasteiger partial charge on any atom is -0.396 e. The van der Waals surface area contributed by atoms with Gasteiger partial charge in [-0.15, -0.1) is 0 Å². The Kier molecular flexibility index (Phi) is 4.23. The fourth-order valence-corrected chi connectivity index (χ4v) is 5.23. The number of aryl methyl sites for hydroxylation is 1. The van der Waals surface area contributed by atoms with E-state index in [2.05, 4.69) is 6.92 Å². The van der Waals surface area contributed by atoms with Crippen molar-refractivity contribution in [3.63, 3.8) is 0 Å². The Morgan fingerprint density at radius 2 is 1.65 bits per heavy atom. The van der Waals surface area contributed by atoms with E-state index in [1.807, 2.05) is 24.3 Å². The van der Waals surface area contributed by atoms with E-state index >= 15 is 0 Å². The molecule has 0 radical (unpaired) electrons. The number of benzene rings is 1. The predicted octanol–water partition coefficient (Wildman–Crippen LogP) is 1.12. The quantitative estimate of drug-likeness (QED) is 0.825. The van der Waals surface area contributed by atoms with E-state index in [0.29, 0.717) is 0 Å². The van der Waals surface area contributed by atoms with Crippen LogP contribution < -0.4 is 0 Å². The average molecular weight is 298 g/mol. The van der Waals surface area contributed by atoms with Crippen LogP contribution in [0.5, 0.6) is 0 Å². The summed E-state index contributed by atoms with van der Waals surface area (Å²) >= 11 is 0. The van der Waals surface area contributed by atoms with Crippen LogP contribution in [0.15, 0.2) is 24.3 Å². The summed E-state index contributed by atoms with van der Waals surface area (Å²) < 4.78 is 24.4. The zero-order valence-corrected chi connectivity index (χ0v) is 12.7. The summed E-state index contributed by atoms with van der Waals surface area (Å²) in [6.07, 6.45) is 0.923. The third-order valence-electron chi connectivity index (χ3n) is 4.50. The first-order chi connectivity index (χ1) is 9.46. The molecule has 2 rings (SSSR count). The standard InChI is InChI=1S/C15H22O4S/c1-3-11-5-7-12(8-6-11)13-14(20(18,19)4-2)15(13,9-16)10-17/h5-8,13-14,16-17H,3-4,9-10H2,1-2H3/t13-,14-/m0/s1. The molecule has 1 aromatic rings. The molecule has 0 heterocycles. The van der Waals surface area contributed by atoms with Gasteiger partial charge in [-0.2, -0.15) is 0 Å². The van der Waals surface area contributed by atoms with E-state index in [1.165, 1.54) is 5.56 Å². The Balaban J connectivity index is 2.38. The lowest BCUT2D eigenvalue weighted by molar-refractivity contribution is 0.130. The minimum absolute atomic E-state index is 0.0307. The van der Waals surface area contributed by atoms with E-state index < -0.39 is 20.5 Å². The molecule has 2 atom stereocenters. The molecule has 1 fully saturated rings. The molecule has 2 N–H and O–H groups in total. The second-order valence-electron chi connectivity index (χ2n) is 5.49. The van der Waals surface area contributed by atoms with Crippen LogP contribution in [0.3, 0.4) is 0 Å². The Morgan fingerprint density at radius 3 is 2.05 bits per heavy atom. The van der Waals surface area contributed by atoms with Crippen molar-refractivity contribution in [2.45, 2.75) is 31.4 Å². The van der Waals surface area contributed by atoms with Crippen molar-refractivity contribution in [1.29, 1.82) is 0 Å². The molecule has 0 spiro atoms. The van der Waals surface area contributed by atoms with Crippen molar-refractivity contribution in [3.8, 4) is 0 Å². The smallest absolute Gasteiger partial charge is 0.154 e. The van der Waals surface area contributed by atoms with Crippen LogP contribution >= 0.6 is 0 Å². The number of aliphatic hydroxyl groups is 2. The van der Waals surface area contributed by atoms with Crippen LogP contribution in [0.25, 0.3) is 0 Å². The van der Waals surface area contributed by atoms with Gasteiger partial charge < -0.3 is 10.2 Å². The number of rotatable bonds is 6. The van der Waals surface area contributed by atoms with Crippen molar-refractivity contribution < 1.29 is 18.6 Å². The Labute approximate surface area is 120 Å². The van der Waals surface area contributed by atoms with Crippen LogP contribution in [-0.2, 0) is 16.3 Å². The van der Waals surface area contributed by atoms with E-state index in [-0.39, 0.29) is 24.9 Å². The highest BCUT2D eigenvalue weighted by Crippen LogP contribution is 2.62. The lowest BCUT2D eigenvalue weighted by atomic mass is 9.99. The maximum Gasteiger partial charge on any atom is 0.154 e. The first-order valence-electron chi connectivity index (χ1n) is 6.99. The largest absolute Gasteiger partial charge is 0.396 e. The number of hydrogen-bond acceptors (Lipinski definition) is 4. The maximum absolute atomic E-state index is 12.2. The molecule has 0 aromatic heterocycles. The fourth-order valence-electron chi connectivity index (χ4n) is 3.09. The number of aliphatic hydroxyl groups excluding tert-OH is 2. The van der Waals surface area contributed by atoms with Gasteiger partial charge in [-0.3, -0.25) is 0 Å². The molecule has 1 aliphatic rings. The summed E-state index contributed by atoms with van der Waals surface area (Å²) in [5.41, 5.74) is 1.14. The van der Waals surface area contributed by atoms with Gasteiger partial charge in [0, 0.05) is 17.1 Å². The van der Waals surface area contributed by atoms with Gasteiger partial charge in [0.15, 0.2) is 9.84 Å². The van der Waals surface area contributed by atoms with Gasteiger partial charge in [-0.1, -0.05) is 38.1 Å². The lowest BCUT2D eigenvalue weighted by Gasteiger charge is -2.11. The summed E-state index contributed by atoms with van der Waals surface area (Å²) in [7, 11) is -3.29. The molecule has 0 bridgehead atoms. The normalized spacial score (nSPS) is 24.6. The molecule has 1 aliphatic carbocycles. The Morgan fingerprint density at radius 1 is 1.10 bits per heavy atom. The molecule has 0 amide bonds. The number of hydrogen-bond donors (Lipinski definition) is 2. The second kappa shape index (κ2) is 5.47. The highest BCUT2D eigenvalue weighted by atomic mass is 32.2. The van der Waals surface area contributed by atoms with E-state index in [0.717, 1.165) is 12.0 Å². The summed E-state index contributed by atoms with van der Waals surface area (Å²) in [4.78, 5) is 0. The molecule has 0 unspecified atom stereocenters. The van der Waals surface area contributed by atoms with E-state index in [9.17, 15) is 18.6 Å². The van der Waals surface area contributed by atoms with Gasteiger partial charge in [0.2, 0.25) is 0 Å². The third kappa shape index (κ3) is 2.28. The highest BCUT2D eigenvalue weighted by Gasteiger charge is 2.69. The second-order valence-corrected chi connectivity index (χ2v) is 7.91. The van der Waals surface area contributed by atoms with Crippen molar-refractivity contribution in [3.05, 3.63) is 35.4 Å². The van der Waals surface area contributed by atoms with Crippen LogP contribution in [0.1, 0.15) is 30.9 Å². The molecule has 112 valence electrons. The third-order valence-corrected chi connectivity index (χ3v) is 6.82. The zero-order chi connectivity index (χ0) is 15.0. The molecule has 1 saturated carbocycles. The maximum atomic E-state index is 12.2. The van der Waals surface area contributed by atoms with Gasteiger partial charge >= 0.3 is 0 Å². The molecular weight excluding hydrogens is 276 g/mol. The van der Waals surface area contributed by atoms with Crippen LogP contribution in [-0.4, -0.2) is 42.8 Å². The van der Waals surface area contributed by atoms with Crippen molar-refractivity contribution >= 4 is 9.84 Å². The van der Waals surface area contributed by atoms with Crippen LogP contribution in [0, 0.1) is 5.41 Å². The van der Waals surface area contributed by atoms with E-state index in [1.54, 1.807) is 6.92 Å². The summed E-state index contributed by atoms with van der Waals surface area (Å²) in [5, 5.41) is 18.5. The Bertz CT molecular complexity index is 558. The molecule has 5 heteroatoms. The van der Waals surface area contributed by atoms with Crippen LogP contribution in [0.2, 0.25) is 0 Å². The molecule has 1 aromatic carbocycles. The number of sulfone groups is 1. The van der Waals surface area contributed by atoms with E-state index in [4.69, 9.17) is 0 Å². The lowest BCUT2D eigenvalue weighted by Crippen LogP contribution is -2.23. The average Bonchev–Trinajstić information content (AvgIpc) is 3.18. The van der Waals surface area contributed by atoms with Gasteiger partial charge in [-0.05, 0) is 17.5 Å². The first-order valence-corrected chi connectivity index (χ1v) is 8.70. The monoisotopic (exact) mass is 298 g/mol. The molecule has 20 heavy (non-hydrogen) atoms. The van der Waals surface area contributed by atoms with Crippen molar-refractivity contribution in [1.82, 2.24) is 0 Å². The molecule has 0 aliphatic heterocycles. The zero-order valence-electron chi connectivity index (χ0n) is 11.9. The minimum atomic E-state index is -3.29. The summed E-state index contributed by atoms with van der Waals surface area (Å²) in [6, 6.07) is 7.77. The Hall–Kier alpha value is -0.910. The highest BCUT2D eigenvalue weighted by molar-refractivity contribution is 7.92. The molecule has 4 nitrogen and oxygen atoms in total. The fraction of sp³-hybridized carbons (Fsp3) is 0.600. The first kappa shape index (κ1) is 15.5. The van der Waals surface area contributed by atoms with Gasteiger partial charge in [0.1, 0.15) is 0 Å². The van der Waals surface area contributed by atoms with Crippen LogP contribution in [0.4, 0.5) is 0 Å². The van der Waals surface area contributed by atoms with Gasteiger partial charge in [0.25, 0.3) is 0 Å². The van der Waals surface area contributed by atoms with Crippen molar-refractivity contribution in [2.24, 2.45) is 5.41 Å². The van der Waals surface area contributed by atoms with Gasteiger partial charge in [-0.25, -0.2) is 8.42 Å². The molecular formula is C15H22O4S.